The average molecular weight is 528 g/mol. The van der Waals surface area contributed by atoms with Crippen molar-refractivity contribution in [3.8, 4) is 5.75 Å². The molecular weight excluding hydrogens is 494 g/mol. The van der Waals surface area contributed by atoms with Gasteiger partial charge in [-0.15, -0.1) is 0 Å². The van der Waals surface area contributed by atoms with E-state index in [0.717, 1.165) is 79.5 Å². The van der Waals surface area contributed by atoms with Crippen molar-refractivity contribution in [2.45, 2.75) is 32.2 Å². The number of methoxy groups -OCH3 is 1. The Kier molecular flexibility index (Phi) is 7.81. The lowest BCUT2D eigenvalue weighted by Gasteiger charge is -2.12. The topological polar surface area (TPSA) is 92.1 Å². The van der Waals surface area contributed by atoms with Crippen molar-refractivity contribution in [2.75, 3.05) is 33.3 Å². The molecule has 0 atom stereocenters. The number of benzene rings is 2. The van der Waals surface area contributed by atoms with Crippen molar-refractivity contribution < 1.29 is 24.2 Å². The summed E-state index contributed by atoms with van der Waals surface area (Å²) in [6.07, 6.45) is 13.1. The maximum absolute atomic E-state index is 12.7. The minimum atomic E-state index is -1.01. The Labute approximate surface area is 227 Å². The highest BCUT2D eigenvalue weighted by atomic mass is 16.5. The van der Waals surface area contributed by atoms with E-state index >= 15 is 0 Å². The monoisotopic (exact) mass is 527 g/mol. The van der Waals surface area contributed by atoms with Crippen molar-refractivity contribution in [3.05, 3.63) is 77.0 Å². The molecule has 2 fully saturated rings. The number of nitrogens with zero attached hydrogens (tertiary/aromatic N) is 3. The van der Waals surface area contributed by atoms with Gasteiger partial charge in [-0.2, -0.15) is 0 Å². The maximum Gasteiger partial charge on any atom is 0.335 e. The fourth-order valence-electron chi connectivity index (χ4n) is 5.31. The summed E-state index contributed by atoms with van der Waals surface area (Å²) in [7, 11) is 1.52. The van der Waals surface area contributed by atoms with Crippen molar-refractivity contribution in [2.24, 2.45) is 0 Å². The fourth-order valence-corrected chi connectivity index (χ4v) is 5.31. The van der Waals surface area contributed by atoms with Crippen LogP contribution >= 0.6 is 0 Å². The highest BCUT2D eigenvalue weighted by Gasteiger charge is 2.17. The number of rotatable bonds is 8. The predicted octanol–water partition coefficient (Wildman–Crippen LogP) is 4.67. The van der Waals surface area contributed by atoms with Gasteiger partial charge in [0.15, 0.2) is 0 Å². The lowest BCUT2D eigenvalue weighted by molar-refractivity contribution is -0.125. The number of aromatic nitrogens is 1. The predicted molar refractivity (Wildman–Crippen MR) is 151 cm³/mol. The molecule has 39 heavy (non-hydrogen) atoms. The van der Waals surface area contributed by atoms with Gasteiger partial charge in [0.05, 0.1) is 19.2 Å². The molecule has 0 spiro atoms. The third kappa shape index (κ3) is 5.90. The summed E-state index contributed by atoms with van der Waals surface area (Å²) in [4.78, 5) is 40.4. The minimum Gasteiger partial charge on any atom is -0.496 e. The second-order valence-corrected chi connectivity index (χ2v) is 10.1. The third-order valence-electron chi connectivity index (χ3n) is 7.47. The van der Waals surface area contributed by atoms with E-state index in [1.54, 1.807) is 24.3 Å². The van der Waals surface area contributed by atoms with Crippen LogP contribution in [-0.2, 0) is 16.1 Å². The van der Waals surface area contributed by atoms with Gasteiger partial charge in [0.2, 0.25) is 11.8 Å². The van der Waals surface area contributed by atoms with Crippen LogP contribution < -0.4 is 4.74 Å². The van der Waals surface area contributed by atoms with E-state index in [9.17, 15) is 19.5 Å². The normalized spacial score (nSPS) is 15.7. The summed E-state index contributed by atoms with van der Waals surface area (Å²) in [6, 6.07) is 10.9. The summed E-state index contributed by atoms with van der Waals surface area (Å²) in [6.45, 7) is 3.64. The molecule has 202 valence electrons. The van der Waals surface area contributed by atoms with E-state index in [0.29, 0.717) is 12.3 Å². The molecule has 8 nitrogen and oxygen atoms in total. The lowest BCUT2D eigenvalue weighted by Crippen LogP contribution is -2.25. The van der Waals surface area contributed by atoms with Crippen LogP contribution in [0.4, 0.5) is 0 Å². The van der Waals surface area contributed by atoms with Crippen molar-refractivity contribution >= 4 is 40.8 Å². The van der Waals surface area contributed by atoms with E-state index in [1.807, 2.05) is 46.3 Å². The van der Waals surface area contributed by atoms with Gasteiger partial charge in [-0.3, -0.25) is 9.59 Å². The zero-order valence-corrected chi connectivity index (χ0v) is 22.1. The first-order chi connectivity index (χ1) is 18.9. The molecule has 0 unspecified atom stereocenters. The first-order valence-corrected chi connectivity index (χ1v) is 13.4. The highest BCUT2D eigenvalue weighted by Crippen LogP contribution is 2.28. The second-order valence-electron chi connectivity index (χ2n) is 10.1. The molecule has 2 amide bonds. The smallest absolute Gasteiger partial charge is 0.335 e. The summed E-state index contributed by atoms with van der Waals surface area (Å²) in [5.74, 6) is -0.485. The molecule has 0 radical (unpaired) electrons. The number of fused-ring (bicyclic) bond motifs is 1. The number of carbonyl (C=O) groups is 3. The number of likely N-dealkylation sites (tertiary alicyclic amines) is 2. The van der Waals surface area contributed by atoms with E-state index < -0.39 is 5.97 Å². The summed E-state index contributed by atoms with van der Waals surface area (Å²) in [5, 5.41) is 10.3. The first-order valence-electron chi connectivity index (χ1n) is 13.4. The van der Waals surface area contributed by atoms with E-state index in [-0.39, 0.29) is 17.4 Å². The van der Waals surface area contributed by atoms with Crippen LogP contribution in [0.3, 0.4) is 0 Å². The number of ether oxygens (including phenoxy) is 1. The zero-order valence-electron chi connectivity index (χ0n) is 22.1. The Balaban J connectivity index is 1.49. The number of carboxylic acids is 1. The third-order valence-corrected chi connectivity index (χ3v) is 7.47. The SMILES string of the molecule is COc1cc(C(=O)O)ccc1Cn1cc(C=CC(=O)N2CCCC2)c2ccc(/C=C/C(=O)N3CCCC3)cc21. The molecule has 2 aliphatic heterocycles. The average Bonchev–Trinajstić information content (AvgIpc) is 3.73. The zero-order chi connectivity index (χ0) is 27.4. The Morgan fingerprint density at radius 2 is 1.51 bits per heavy atom. The Bertz CT molecular complexity index is 1460. The largest absolute Gasteiger partial charge is 0.496 e. The van der Waals surface area contributed by atoms with Gasteiger partial charge in [0.25, 0.3) is 0 Å². The first kappa shape index (κ1) is 26.3. The lowest BCUT2D eigenvalue weighted by atomic mass is 10.1. The number of aromatic carboxylic acids is 1. The van der Waals surface area contributed by atoms with E-state index in [1.165, 1.54) is 13.2 Å². The van der Waals surface area contributed by atoms with Crippen LogP contribution in [0.15, 0.2) is 54.7 Å². The van der Waals surface area contributed by atoms with Crippen molar-refractivity contribution in [1.29, 1.82) is 0 Å². The molecule has 3 aromatic rings. The quantitative estimate of drug-likeness (QED) is 0.430. The molecule has 0 aliphatic carbocycles. The fraction of sp³-hybridized carbons (Fsp3) is 0.323. The van der Waals surface area contributed by atoms with Crippen molar-refractivity contribution in [1.82, 2.24) is 14.4 Å². The molecular formula is C31H33N3O5. The van der Waals surface area contributed by atoms with Gasteiger partial charge in [0, 0.05) is 66.6 Å². The molecule has 1 N–H and O–H groups in total. The van der Waals surface area contributed by atoms with Gasteiger partial charge in [-0.05, 0) is 61.6 Å². The summed E-state index contributed by atoms with van der Waals surface area (Å²) in [5.41, 5.74) is 3.72. The maximum atomic E-state index is 12.7. The standard InChI is InChI=1S/C31H33N3O5/c1-39-28-19-23(31(37)38)8-9-25(28)21-34-20-24(10-13-30(36)33-16-4-5-17-33)26-11-6-22(18-27(26)34)7-12-29(35)32-14-2-3-15-32/h6-13,18-20H,2-5,14-17,21H2,1H3,(H,37,38)/b12-7+,13-10?. The number of hydrogen-bond donors (Lipinski definition) is 1. The number of hydrogen-bond acceptors (Lipinski definition) is 4. The molecule has 2 aromatic carbocycles. The molecule has 2 aliphatic rings. The van der Waals surface area contributed by atoms with Gasteiger partial charge in [-0.25, -0.2) is 4.79 Å². The Morgan fingerprint density at radius 3 is 2.13 bits per heavy atom. The van der Waals surface area contributed by atoms with E-state index in [2.05, 4.69) is 4.57 Å². The Morgan fingerprint density at radius 1 is 0.872 bits per heavy atom. The molecule has 0 bridgehead atoms. The van der Waals surface area contributed by atoms with Crippen LogP contribution in [0.5, 0.6) is 5.75 Å². The van der Waals surface area contributed by atoms with E-state index in [4.69, 9.17) is 4.74 Å². The number of amides is 2. The summed E-state index contributed by atoms with van der Waals surface area (Å²) >= 11 is 0. The highest BCUT2D eigenvalue weighted by molar-refractivity contribution is 5.98. The Hall–Kier alpha value is -4.33. The van der Waals surface area contributed by atoms with Gasteiger partial charge >= 0.3 is 5.97 Å². The molecule has 5 rings (SSSR count). The summed E-state index contributed by atoms with van der Waals surface area (Å²) < 4.78 is 7.57. The molecule has 8 heteroatoms. The number of carbonyl (C=O) groups excluding carboxylic acids is 2. The van der Waals surface area contributed by atoms with Gasteiger partial charge in [-0.1, -0.05) is 18.2 Å². The molecule has 1 aromatic heterocycles. The van der Waals surface area contributed by atoms with Crippen LogP contribution in [0.2, 0.25) is 0 Å². The van der Waals surface area contributed by atoms with Crippen molar-refractivity contribution in [3.63, 3.8) is 0 Å². The van der Waals surface area contributed by atoms with Crippen LogP contribution in [-0.4, -0.2) is 70.5 Å². The van der Waals surface area contributed by atoms with Crippen LogP contribution in [0.1, 0.15) is 52.7 Å². The van der Waals surface area contributed by atoms with Gasteiger partial charge in [0.1, 0.15) is 5.75 Å². The van der Waals surface area contributed by atoms with Crippen LogP contribution in [0.25, 0.3) is 23.1 Å². The molecule has 0 saturated carbocycles. The molecule has 2 saturated heterocycles. The molecule has 3 heterocycles. The van der Waals surface area contributed by atoms with Gasteiger partial charge < -0.3 is 24.2 Å². The minimum absolute atomic E-state index is 0.0132. The van der Waals surface area contributed by atoms with Crippen LogP contribution in [0, 0.1) is 0 Å². The number of carboxylic acid groups (broad SMARTS) is 1. The second kappa shape index (κ2) is 11.6.